The van der Waals surface area contributed by atoms with Crippen LogP contribution in [0.5, 0.6) is 0 Å². The molecular formula is C19H22N4. The molecule has 1 aromatic heterocycles. The average molecular weight is 306 g/mol. The van der Waals surface area contributed by atoms with Gasteiger partial charge in [0.15, 0.2) is 0 Å². The van der Waals surface area contributed by atoms with Crippen molar-refractivity contribution in [3.8, 4) is 0 Å². The second kappa shape index (κ2) is 6.16. The van der Waals surface area contributed by atoms with Gasteiger partial charge in [-0.15, -0.1) is 0 Å². The summed E-state index contributed by atoms with van der Waals surface area (Å²) < 4.78 is 0. The minimum Gasteiger partial charge on any atom is -0.340 e. The van der Waals surface area contributed by atoms with Crippen molar-refractivity contribution in [3.63, 3.8) is 0 Å². The van der Waals surface area contributed by atoms with Gasteiger partial charge in [0.25, 0.3) is 0 Å². The van der Waals surface area contributed by atoms with Gasteiger partial charge in [0.2, 0.25) is 0 Å². The summed E-state index contributed by atoms with van der Waals surface area (Å²) >= 11 is 0. The minimum absolute atomic E-state index is 1.01. The molecule has 0 radical (unpaired) electrons. The van der Waals surface area contributed by atoms with Gasteiger partial charge in [-0.25, -0.2) is 0 Å². The van der Waals surface area contributed by atoms with E-state index >= 15 is 0 Å². The molecule has 118 valence electrons. The number of hydrazine groups is 1. The van der Waals surface area contributed by atoms with Crippen molar-refractivity contribution in [3.05, 3.63) is 76.9 Å². The Morgan fingerprint density at radius 1 is 1.00 bits per heavy atom. The van der Waals surface area contributed by atoms with E-state index in [4.69, 9.17) is 0 Å². The normalized spacial score (nSPS) is 14.9. The first-order valence-corrected chi connectivity index (χ1v) is 7.73. The van der Waals surface area contributed by atoms with Gasteiger partial charge < -0.3 is 5.32 Å². The van der Waals surface area contributed by atoms with E-state index in [9.17, 15) is 0 Å². The Hall–Kier alpha value is -2.75. The van der Waals surface area contributed by atoms with Gasteiger partial charge in [0.1, 0.15) is 5.82 Å². The van der Waals surface area contributed by atoms with Crippen LogP contribution < -0.4 is 10.7 Å². The molecule has 0 fully saturated rings. The molecule has 23 heavy (non-hydrogen) atoms. The summed E-state index contributed by atoms with van der Waals surface area (Å²) in [6.07, 6.45) is 3.64. The Kier molecular flexibility index (Phi) is 4.06. The number of nitrogens with zero attached hydrogens (tertiary/aromatic N) is 2. The smallest absolute Gasteiger partial charge is 0.125 e. The Balaban J connectivity index is 1.97. The number of nitrogens with one attached hydrogen (secondary N) is 2. The van der Waals surface area contributed by atoms with Gasteiger partial charge in [0, 0.05) is 30.7 Å². The third kappa shape index (κ3) is 3.06. The molecule has 2 N–H and O–H groups in total. The summed E-state index contributed by atoms with van der Waals surface area (Å²) in [5.41, 5.74) is 10.5. The van der Waals surface area contributed by atoms with Crippen LogP contribution in [-0.4, -0.2) is 17.0 Å². The molecule has 4 nitrogen and oxygen atoms in total. The van der Waals surface area contributed by atoms with Gasteiger partial charge in [-0.1, -0.05) is 12.1 Å². The van der Waals surface area contributed by atoms with Crippen molar-refractivity contribution in [2.45, 2.75) is 20.8 Å². The van der Waals surface area contributed by atoms with Crippen molar-refractivity contribution >= 4 is 11.4 Å². The van der Waals surface area contributed by atoms with E-state index in [1.165, 1.54) is 22.4 Å². The lowest BCUT2D eigenvalue weighted by atomic mass is 10.0. The average Bonchev–Trinajstić information content (AvgIpc) is 2.53. The largest absolute Gasteiger partial charge is 0.340 e. The van der Waals surface area contributed by atoms with Crippen LogP contribution in [0.15, 0.2) is 65.8 Å². The first kappa shape index (κ1) is 15.2. The monoisotopic (exact) mass is 306 g/mol. The highest BCUT2D eigenvalue weighted by Crippen LogP contribution is 2.30. The highest BCUT2D eigenvalue weighted by atomic mass is 15.5. The number of pyridine rings is 1. The SMILES string of the molecule is CC1=C(Nc2cccc(C)c2)NN(C)C(c2ccncc2)=C1C. The lowest BCUT2D eigenvalue weighted by Gasteiger charge is -2.34. The number of aryl methyl sites for hydroxylation is 1. The summed E-state index contributed by atoms with van der Waals surface area (Å²) in [7, 11) is 2.03. The summed E-state index contributed by atoms with van der Waals surface area (Å²) in [6.45, 7) is 6.38. The standard InChI is InChI=1S/C19H22N4/c1-13-6-5-7-17(12-13)21-19-15(3)14(2)18(23(4)22-19)16-8-10-20-11-9-16/h5-12,21-22H,1-4H3. The van der Waals surface area contributed by atoms with E-state index < -0.39 is 0 Å². The summed E-state index contributed by atoms with van der Waals surface area (Å²) in [6, 6.07) is 12.4. The maximum atomic E-state index is 4.10. The van der Waals surface area contributed by atoms with Crippen LogP contribution in [0.2, 0.25) is 0 Å². The molecule has 0 atom stereocenters. The molecule has 1 aliphatic heterocycles. The van der Waals surface area contributed by atoms with Gasteiger partial charge >= 0.3 is 0 Å². The third-order valence-corrected chi connectivity index (χ3v) is 4.15. The van der Waals surface area contributed by atoms with Crippen molar-refractivity contribution in [2.24, 2.45) is 0 Å². The van der Waals surface area contributed by atoms with Crippen LogP contribution >= 0.6 is 0 Å². The highest BCUT2D eigenvalue weighted by Gasteiger charge is 2.21. The van der Waals surface area contributed by atoms with Crippen LogP contribution in [0.1, 0.15) is 25.0 Å². The molecule has 0 amide bonds. The molecule has 4 heteroatoms. The fraction of sp³-hybridized carbons (Fsp3) is 0.211. The van der Waals surface area contributed by atoms with E-state index in [2.05, 4.69) is 65.8 Å². The molecule has 0 spiro atoms. The molecule has 2 aromatic rings. The molecule has 0 unspecified atom stereocenters. The van der Waals surface area contributed by atoms with Crippen molar-refractivity contribution < 1.29 is 0 Å². The van der Waals surface area contributed by atoms with Crippen molar-refractivity contribution in [1.29, 1.82) is 0 Å². The maximum absolute atomic E-state index is 4.10. The molecule has 1 aromatic carbocycles. The number of aromatic nitrogens is 1. The lowest BCUT2D eigenvalue weighted by molar-refractivity contribution is 0.382. The maximum Gasteiger partial charge on any atom is 0.125 e. The lowest BCUT2D eigenvalue weighted by Crippen LogP contribution is -2.39. The van der Waals surface area contributed by atoms with Gasteiger partial charge in [-0.2, -0.15) is 0 Å². The molecule has 1 aliphatic rings. The highest BCUT2D eigenvalue weighted by molar-refractivity contribution is 5.72. The van der Waals surface area contributed by atoms with Gasteiger partial charge in [-0.3, -0.25) is 15.4 Å². The number of hydrogen-bond acceptors (Lipinski definition) is 4. The number of hydrogen-bond donors (Lipinski definition) is 2. The summed E-state index contributed by atoms with van der Waals surface area (Å²) in [4.78, 5) is 4.10. The molecule has 3 rings (SSSR count). The Bertz CT molecular complexity index is 775. The van der Waals surface area contributed by atoms with Crippen LogP contribution in [0, 0.1) is 6.92 Å². The Morgan fingerprint density at radius 3 is 2.43 bits per heavy atom. The van der Waals surface area contributed by atoms with E-state index in [-0.39, 0.29) is 0 Å². The van der Waals surface area contributed by atoms with Crippen molar-refractivity contribution in [2.75, 3.05) is 12.4 Å². The van der Waals surface area contributed by atoms with E-state index in [0.29, 0.717) is 0 Å². The van der Waals surface area contributed by atoms with Crippen LogP contribution in [0.3, 0.4) is 0 Å². The molecule has 0 saturated heterocycles. The topological polar surface area (TPSA) is 40.2 Å². The van der Waals surface area contributed by atoms with E-state index in [1.807, 2.05) is 31.6 Å². The second-order valence-electron chi connectivity index (χ2n) is 5.87. The second-order valence-corrected chi connectivity index (χ2v) is 5.87. The first-order valence-electron chi connectivity index (χ1n) is 7.73. The zero-order valence-corrected chi connectivity index (χ0v) is 14.0. The van der Waals surface area contributed by atoms with Gasteiger partial charge in [-0.05, 0) is 61.7 Å². The number of allylic oxidation sites excluding steroid dienone is 2. The predicted octanol–water partition coefficient (Wildman–Crippen LogP) is 3.91. The molecular weight excluding hydrogens is 284 g/mol. The third-order valence-electron chi connectivity index (χ3n) is 4.15. The van der Waals surface area contributed by atoms with Crippen LogP contribution in [-0.2, 0) is 0 Å². The Labute approximate surface area is 137 Å². The molecule has 0 aliphatic carbocycles. The number of rotatable bonds is 3. The first-order chi connectivity index (χ1) is 11.1. The van der Waals surface area contributed by atoms with Crippen LogP contribution in [0.4, 0.5) is 5.69 Å². The fourth-order valence-electron chi connectivity index (χ4n) is 2.83. The zero-order chi connectivity index (χ0) is 16.4. The summed E-state index contributed by atoms with van der Waals surface area (Å²) in [5, 5.41) is 5.54. The Morgan fingerprint density at radius 2 is 1.74 bits per heavy atom. The molecule has 0 saturated carbocycles. The molecule has 2 heterocycles. The van der Waals surface area contributed by atoms with Crippen molar-refractivity contribution in [1.82, 2.24) is 15.4 Å². The minimum atomic E-state index is 1.01. The summed E-state index contributed by atoms with van der Waals surface area (Å²) in [5.74, 6) is 1.01. The predicted molar refractivity (Wildman–Crippen MR) is 95.2 cm³/mol. The van der Waals surface area contributed by atoms with E-state index in [0.717, 1.165) is 17.1 Å². The number of anilines is 1. The van der Waals surface area contributed by atoms with Gasteiger partial charge in [0.05, 0.1) is 5.70 Å². The van der Waals surface area contributed by atoms with E-state index in [1.54, 1.807) is 0 Å². The zero-order valence-electron chi connectivity index (χ0n) is 14.0. The number of benzene rings is 1. The fourth-order valence-corrected chi connectivity index (χ4v) is 2.83. The quantitative estimate of drug-likeness (QED) is 0.902. The molecule has 0 bridgehead atoms. The van der Waals surface area contributed by atoms with Crippen LogP contribution in [0.25, 0.3) is 5.70 Å².